The van der Waals surface area contributed by atoms with E-state index in [4.69, 9.17) is 4.42 Å². The van der Waals surface area contributed by atoms with Gasteiger partial charge in [-0.15, -0.1) is 0 Å². The van der Waals surface area contributed by atoms with E-state index in [-0.39, 0.29) is 0 Å². The molecule has 2 heterocycles. The van der Waals surface area contributed by atoms with Gasteiger partial charge in [-0.1, -0.05) is 6.92 Å². The summed E-state index contributed by atoms with van der Waals surface area (Å²) in [5.41, 5.74) is 2.62. The Balaban J connectivity index is 2.00. The predicted octanol–water partition coefficient (Wildman–Crippen LogP) is 4.39. The first kappa shape index (κ1) is 12.9. The zero-order valence-corrected chi connectivity index (χ0v) is 12.2. The van der Waals surface area contributed by atoms with Crippen LogP contribution in [0.5, 0.6) is 0 Å². The van der Waals surface area contributed by atoms with Crippen molar-refractivity contribution in [3.05, 3.63) is 45.0 Å². The standard InChI is InChI=1S/C13H16BrNOS/c1-2-15-12(11-5-7-16-13(11)14)4-3-10-6-8-17-9-10/h5-9,12,15H,2-4H2,1H3. The third kappa shape index (κ3) is 3.44. The van der Waals surface area contributed by atoms with E-state index in [0.29, 0.717) is 6.04 Å². The summed E-state index contributed by atoms with van der Waals surface area (Å²) < 4.78 is 6.15. The first-order valence-corrected chi connectivity index (χ1v) is 7.52. The number of halogens is 1. The van der Waals surface area contributed by atoms with Crippen molar-refractivity contribution in [2.24, 2.45) is 0 Å². The van der Waals surface area contributed by atoms with Crippen LogP contribution in [-0.2, 0) is 6.42 Å². The maximum atomic E-state index is 5.31. The molecule has 0 fully saturated rings. The van der Waals surface area contributed by atoms with Crippen molar-refractivity contribution >= 4 is 27.3 Å². The quantitative estimate of drug-likeness (QED) is 0.855. The smallest absolute Gasteiger partial charge is 0.173 e. The van der Waals surface area contributed by atoms with Crippen molar-refractivity contribution in [1.82, 2.24) is 5.32 Å². The van der Waals surface area contributed by atoms with Crippen LogP contribution in [0, 0.1) is 0 Å². The van der Waals surface area contributed by atoms with Crippen LogP contribution < -0.4 is 5.32 Å². The first-order chi connectivity index (χ1) is 8.31. The summed E-state index contributed by atoms with van der Waals surface area (Å²) in [6.45, 7) is 3.09. The molecule has 2 aromatic rings. The highest BCUT2D eigenvalue weighted by Gasteiger charge is 2.15. The molecule has 4 heteroatoms. The number of hydrogen-bond acceptors (Lipinski definition) is 3. The van der Waals surface area contributed by atoms with E-state index < -0.39 is 0 Å². The van der Waals surface area contributed by atoms with E-state index in [0.717, 1.165) is 24.1 Å². The van der Waals surface area contributed by atoms with Crippen molar-refractivity contribution < 1.29 is 4.42 Å². The molecule has 0 aliphatic heterocycles. The van der Waals surface area contributed by atoms with Gasteiger partial charge in [0.25, 0.3) is 0 Å². The fourth-order valence-corrected chi connectivity index (χ4v) is 3.13. The summed E-state index contributed by atoms with van der Waals surface area (Å²) in [5, 5.41) is 7.85. The second-order valence-electron chi connectivity index (χ2n) is 3.93. The van der Waals surface area contributed by atoms with Gasteiger partial charge in [0.15, 0.2) is 4.67 Å². The maximum Gasteiger partial charge on any atom is 0.173 e. The molecule has 2 aromatic heterocycles. The molecular weight excluding hydrogens is 298 g/mol. The monoisotopic (exact) mass is 313 g/mol. The summed E-state index contributed by atoms with van der Waals surface area (Å²) in [7, 11) is 0. The van der Waals surface area contributed by atoms with Crippen LogP contribution in [0.15, 0.2) is 38.2 Å². The van der Waals surface area contributed by atoms with Crippen LogP contribution in [0.2, 0.25) is 0 Å². The Hall–Kier alpha value is -0.580. The summed E-state index contributed by atoms with van der Waals surface area (Å²) >= 11 is 5.21. The molecule has 0 spiro atoms. The average Bonchev–Trinajstić information content (AvgIpc) is 2.95. The van der Waals surface area contributed by atoms with E-state index in [2.05, 4.69) is 45.0 Å². The number of rotatable bonds is 6. The van der Waals surface area contributed by atoms with Gasteiger partial charge in [-0.25, -0.2) is 0 Å². The molecule has 0 aliphatic rings. The van der Waals surface area contributed by atoms with Crippen molar-refractivity contribution in [1.29, 1.82) is 0 Å². The second kappa shape index (κ2) is 6.38. The molecule has 2 nitrogen and oxygen atoms in total. The first-order valence-electron chi connectivity index (χ1n) is 5.78. The highest BCUT2D eigenvalue weighted by atomic mass is 79.9. The Morgan fingerprint density at radius 1 is 1.47 bits per heavy atom. The van der Waals surface area contributed by atoms with Gasteiger partial charge in [-0.05, 0) is 63.8 Å². The summed E-state index contributed by atoms with van der Waals surface area (Å²) in [5.74, 6) is 0. The fraction of sp³-hybridized carbons (Fsp3) is 0.385. The Bertz CT molecular complexity index is 438. The number of hydrogen-bond donors (Lipinski definition) is 1. The lowest BCUT2D eigenvalue weighted by atomic mass is 10.0. The van der Waals surface area contributed by atoms with E-state index in [1.54, 1.807) is 17.6 Å². The zero-order chi connectivity index (χ0) is 12.1. The minimum Gasteiger partial charge on any atom is -0.457 e. The largest absolute Gasteiger partial charge is 0.457 e. The van der Waals surface area contributed by atoms with Crippen LogP contribution >= 0.6 is 27.3 Å². The molecule has 17 heavy (non-hydrogen) atoms. The van der Waals surface area contributed by atoms with E-state index in [1.807, 2.05) is 6.07 Å². The number of furan rings is 1. The van der Waals surface area contributed by atoms with Gasteiger partial charge in [-0.3, -0.25) is 0 Å². The predicted molar refractivity (Wildman–Crippen MR) is 75.5 cm³/mol. The van der Waals surface area contributed by atoms with Gasteiger partial charge in [0, 0.05) is 11.6 Å². The molecule has 0 aliphatic carbocycles. The van der Waals surface area contributed by atoms with E-state index in [9.17, 15) is 0 Å². The summed E-state index contributed by atoms with van der Waals surface area (Å²) in [4.78, 5) is 0. The molecule has 0 saturated carbocycles. The van der Waals surface area contributed by atoms with Crippen LogP contribution in [0.4, 0.5) is 0 Å². The number of aryl methyl sites for hydroxylation is 1. The molecule has 1 atom stereocenters. The lowest BCUT2D eigenvalue weighted by Crippen LogP contribution is -2.21. The fourth-order valence-electron chi connectivity index (χ4n) is 1.91. The number of nitrogens with one attached hydrogen (secondary N) is 1. The minimum atomic E-state index is 0.355. The molecule has 0 bridgehead atoms. The third-order valence-corrected chi connectivity index (χ3v) is 4.15. The van der Waals surface area contributed by atoms with Crippen LogP contribution in [0.25, 0.3) is 0 Å². The molecule has 0 aromatic carbocycles. The van der Waals surface area contributed by atoms with E-state index >= 15 is 0 Å². The van der Waals surface area contributed by atoms with Crippen LogP contribution in [0.3, 0.4) is 0 Å². The second-order valence-corrected chi connectivity index (χ2v) is 5.43. The van der Waals surface area contributed by atoms with Crippen LogP contribution in [0.1, 0.15) is 30.5 Å². The Kier molecular flexibility index (Phi) is 4.83. The van der Waals surface area contributed by atoms with Gasteiger partial charge in [-0.2, -0.15) is 11.3 Å². The number of thiophene rings is 1. The Morgan fingerprint density at radius 2 is 2.35 bits per heavy atom. The topological polar surface area (TPSA) is 25.2 Å². The highest BCUT2D eigenvalue weighted by Crippen LogP contribution is 2.28. The van der Waals surface area contributed by atoms with Gasteiger partial charge < -0.3 is 9.73 Å². The normalized spacial score (nSPS) is 12.8. The molecule has 0 radical (unpaired) electrons. The van der Waals surface area contributed by atoms with Crippen molar-refractivity contribution in [2.45, 2.75) is 25.8 Å². The van der Waals surface area contributed by atoms with E-state index in [1.165, 1.54) is 11.1 Å². The van der Waals surface area contributed by atoms with Crippen LogP contribution in [-0.4, -0.2) is 6.54 Å². The molecular formula is C13H16BrNOS. The van der Waals surface area contributed by atoms with Crippen molar-refractivity contribution in [2.75, 3.05) is 6.54 Å². The van der Waals surface area contributed by atoms with Gasteiger partial charge >= 0.3 is 0 Å². The van der Waals surface area contributed by atoms with Gasteiger partial charge in [0.2, 0.25) is 0 Å². The van der Waals surface area contributed by atoms with Crippen molar-refractivity contribution in [3.8, 4) is 0 Å². The van der Waals surface area contributed by atoms with Crippen molar-refractivity contribution in [3.63, 3.8) is 0 Å². The summed E-state index contributed by atoms with van der Waals surface area (Å²) in [6.07, 6.45) is 3.91. The molecule has 0 saturated heterocycles. The van der Waals surface area contributed by atoms with Gasteiger partial charge in [0.1, 0.15) is 0 Å². The Morgan fingerprint density at radius 3 is 2.94 bits per heavy atom. The molecule has 1 N–H and O–H groups in total. The third-order valence-electron chi connectivity index (χ3n) is 2.77. The lowest BCUT2D eigenvalue weighted by molar-refractivity contribution is 0.489. The minimum absolute atomic E-state index is 0.355. The van der Waals surface area contributed by atoms with Gasteiger partial charge in [0.05, 0.1) is 6.26 Å². The average molecular weight is 314 g/mol. The zero-order valence-electron chi connectivity index (χ0n) is 9.78. The molecule has 1 unspecified atom stereocenters. The molecule has 0 amide bonds. The Labute approximate surface area is 114 Å². The highest BCUT2D eigenvalue weighted by molar-refractivity contribution is 9.10. The molecule has 2 rings (SSSR count). The lowest BCUT2D eigenvalue weighted by Gasteiger charge is -2.16. The SMILES string of the molecule is CCNC(CCc1ccsc1)c1ccoc1Br. The summed E-state index contributed by atoms with van der Waals surface area (Å²) in [6, 6.07) is 4.58. The molecule has 92 valence electrons. The maximum absolute atomic E-state index is 5.31.